The lowest BCUT2D eigenvalue weighted by Gasteiger charge is -2.20. The van der Waals surface area contributed by atoms with Crippen molar-refractivity contribution in [2.45, 2.75) is 11.3 Å². The number of ether oxygens (including phenoxy) is 2. The second-order valence-electron chi connectivity index (χ2n) is 4.23. The molecular weight excluding hydrogens is 270 g/mol. The summed E-state index contributed by atoms with van der Waals surface area (Å²) in [5.41, 5.74) is 5.45. The number of carbonyl (C=O) groups is 1. The van der Waals surface area contributed by atoms with E-state index in [1.54, 1.807) is 0 Å². The van der Waals surface area contributed by atoms with E-state index in [1.807, 2.05) is 0 Å². The molecule has 1 aliphatic rings. The number of sulfone groups is 1. The molecule has 0 unspecified atom stereocenters. The highest BCUT2D eigenvalue weighted by Gasteiger charge is 2.24. The van der Waals surface area contributed by atoms with Gasteiger partial charge < -0.3 is 15.2 Å². The van der Waals surface area contributed by atoms with Crippen LogP contribution in [-0.4, -0.2) is 40.2 Å². The first-order valence-corrected chi connectivity index (χ1v) is 7.69. The fraction of sp³-hybridized carbons (Fsp3) is 0.417. The van der Waals surface area contributed by atoms with Gasteiger partial charge in [-0.2, -0.15) is 0 Å². The van der Waals surface area contributed by atoms with Crippen LogP contribution in [0.5, 0.6) is 11.5 Å². The SMILES string of the molecule is CS(=O)(=O)c1cc2c(cc1C(=O)CCN)OCCO2. The minimum Gasteiger partial charge on any atom is -0.486 e. The van der Waals surface area contributed by atoms with Gasteiger partial charge in [-0.15, -0.1) is 0 Å². The Hall–Kier alpha value is -1.60. The van der Waals surface area contributed by atoms with E-state index < -0.39 is 9.84 Å². The highest BCUT2D eigenvalue weighted by Crippen LogP contribution is 2.35. The molecule has 1 heterocycles. The van der Waals surface area contributed by atoms with E-state index in [1.165, 1.54) is 12.1 Å². The van der Waals surface area contributed by atoms with Gasteiger partial charge in [0.2, 0.25) is 0 Å². The van der Waals surface area contributed by atoms with Crippen molar-refractivity contribution in [2.75, 3.05) is 26.0 Å². The molecule has 0 spiro atoms. The van der Waals surface area contributed by atoms with E-state index in [0.29, 0.717) is 24.7 Å². The van der Waals surface area contributed by atoms with Crippen LogP contribution in [-0.2, 0) is 9.84 Å². The lowest BCUT2D eigenvalue weighted by Crippen LogP contribution is -2.18. The van der Waals surface area contributed by atoms with Gasteiger partial charge in [0.1, 0.15) is 13.2 Å². The highest BCUT2D eigenvalue weighted by molar-refractivity contribution is 7.90. The van der Waals surface area contributed by atoms with Crippen molar-refractivity contribution in [1.82, 2.24) is 0 Å². The van der Waals surface area contributed by atoms with E-state index >= 15 is 0 Å². The van der Waals surface area contributed by atoms with Gasteiger partial charge in [0, 0.05) is 24.3 Å². The van der Waals surface area contributed by atoms with Crippen LogP contribution in [0.15, 0.2) is 17.0 Å². The molecule has 0 atom stereocenters. The zero-order valence-electron chi connectivity index (χ0n) is 10.5. The normalized spacial score (nSPS) is 14.2. The zero-order chi connectivity index (χ0) is 14.0. The number of ketones is 1. The summed E-state index contributed by atoms with van der Waals surface area (Å²) >= 11 is 0. The quantitative estimate of drug-likeness (QED) is 0.804. The minimum atomic E-state index is -3.53. The van der Waals surface area contributed by atoms with Gasteiger partial charge >= 0.3 is 0 Å². The molecule has 1 aliphatic heterocycles. The van der Waals surface area contributed by atoms with Crippen molar-refractivity contribution in [1.29, 1.82) is 0 Å². The summed E-state index contributed by atoms with van der Waals surface area (Å²) in [5.74, 6) is 0.412. The fourth-order valence-electron chi connectivity index (χ4n) is 1.86. The molecule has 0 radical (unpaired) electrons. The third-order valence-corrected chi connectivity index (χ3v) is 3.85. The number of fused-ring (bicyclic) bond motifs is 1. The second-order valence-corrected chi connectivity index (χ2v) is 6.21. The largest absolute Gasteiger partial charge is 0.486 e. The second kappa shape index (κ2) is 5.18. The van der Waals surface area contributed by atoms with E-state index in [4.69, 9.17) is 15.2 Å². The van der Waals surface area contributed by atoms with E-state index in [9.17, 15) is 13.2 Å². The van der Waals surface area contributed by atoms with Crippen molar-refractivity contribution < 1.29 is 22.7 Å². The maximum Gasteiger partial charge on any atom is 0.176 e. The smallest absolute Gasteiger partial charge is 0.176 e. The van der Waals surface area contributed by atoms with Gasteiger partial charge in [-0.1, -0.05) is 0 Å². The molecule has 19 heavy (non-hydrogen) atoms. The summed E-state index contributed by atoms with van der Waals surface area (Å²) in [6.07, 6.45) is 1.14. The first-order valence-electron chi connectivity index (χ1n) is 5.80. The van der Waals surface area contributed by atoms with Crippen LogP contribution in [0.25, 0.3) is 0 Å². The molecule has 0 bridgehead atoms. The predicted octanol–water partition coefficient (Wildman–Crippen LogP) is 0.393. The van der Waals surface area contributed by atoms with E-state index in [0.717, 1.165) is 6.26 Å². The average molecular weight is 285 g/mol. The molecule has 0 aliphatic carbocycles. The number of Topliss-reactive ketones (excluding diaryl/α,β-unsaturated/α-hetero) is 1. The minimum absolute atomic E-state index is 0.0461. The number of benzene rings is 1. The Balaban J connectivity index is 2.59. The predicted molar refractivity (Wildman–Crippen MR) is 68.5 cm³/mol. The summed E-state index contributed by atoms with van der Waals surface area (Å²) in [6, 6.07) is 2.76. The first-order chi connectivity index (χ1) is 8.93. The molecule has 0 aromatic heterocycles. The molecule has 0 saturated carbocycles. The maximum absolute atomic E-state index is 12.0. The molecule has 6 nitrogen and oxygen atoms in total. The maximum atomic E-state index is 12.0. The van der Waals surface area contributed by atoms with Crippen molar-refractivity contribution in [3.8, 4) is 11.5 Å². The Morgan fingerprint density at radius 3 is 2.37 bits per heavy atom. The standard InChI is InChI=1S/C12H15NO5S/c1-19(15,16)12-7-11-10(17-4-5-18-11)6-8(12)9(14)2-3-13/h6-7H,2-5,13H2,1H3. The highest BCUT2D eigenvalue weighted by atomic mass is 32.2. The van der Waals surface area contributed by atoms with Gasteiger partial charge in [-0.25, -0.2) is 8.42 Å². The summed E-state index contributed by atoms with van der Waals surface area (Å²) in [6.45, 7) is 0.887. The van der Waals surface area contributed by atoms with Crippen LogP contribution in [0.4, 0.5) is 0 Å². The molecule has 2 N–H and O–H groups in total. The van der Waals surface area contributed by atoms with Gasteiger partial charge in [0.15, 0.2) is 27.1 Å². The Labute approximate surface area is 111 Å². The first kappa shape index (κ1) is 13.8. The van der Waals surface area contributed by atoms with Crippen molar-refractivity contribution >= 4 is 15.6 Å². The molecule has 0 saturated heterocycles. The molecule has 0 fully saturated rings. The van der Waals surface area contributed by atoms with Gasteiger partial charge in [0.25, 0.3) is 0 Å². The van der Waals surface area contributed by atoms with Crippen molar-refractivity contribution in [3.63, 3.8) is 0 Å². The summed E-state index contributed by atoms with van der Waals surface area (Å²) in [7, 11) is -3.53. The van der Waals surface area contributed by atoms with Crippen LogP contribution in [0, 0.1) is 0 Å². The molecule has 7 heteroatoms. The molecule has 1 aromatic carbocycles. The molecule has 104 valence electrons. The molecule has 1 aromatic rings. The van der Waals surface area contributed by atoms with Crippen molar-refractivity contribution in [2.24, 2.45) is 5.73 Å². The third kappa shape index (κ3) is 2.87. The summed E-state index contributed by atoms with van der Waals surface area (Å²) in [5, 5.41) is 0. The van der Waals surface area contributed by atoms with Crippen molar-refractivity contribution in [3.05, 3.63) is 17.7 Å². The number of hydrogen-bond acceptors (Lipinski definition) is 6. The Morgan fingerprint density at radius 1 is 1.26 bits per heavy atom. The Bertz CT molecular complexity index is 609. The van der Waals surface area contributed by atoms with Gasteiger partial charge in [-0.05, 0) is 12.6 Å². The lowest BCUT2D eigenvalue weighted by molar-refractivity contribution is 0.0980. The Morgan fingerprint density at radius 2 is 1.84 bits per heavy atom. The van der Waals surface area contributed by atoms with Crippen LogP contribution in [0.3, 0.4) is 0 Å². The number of nitrogens with two attached hydrogens (primary N) is 1. The van der Waals surface area contributed by atoms with Crippen LogP contribution in [0.1, 0.15) is 16.8 Å². The molecule has 0 amide bonds. The monoisotopic (exact) mass is 285 g/mol. The number of rotatable bonds is 4. The number of hydrogen-bond donors (Lipinski definition) is 1. The van der Waals surface area contributed by atoms with Crippen LogP contribution < -0.4 is 15.2 Å². The summed E-state index contributed by atoms with van der Waals surface area (Å²) in [4.78, 5) is 11.9. The number of carbonyl (C=O) groups excluding carboxylic acids is 1. The zero-order valence-corrected chi connectivity index (χ0v) is 11.3. The van der Waals surface area contributed by atoms with Crippen LogP contribution >= 0.6 is 0 Å². The van der Waals surface area contributed by atoms with E-state index in [2.05, 4.69) is 0 Å². The lowest BCUT2D eigenvalue weighted by atomic mass is 10.1. The van der Waals surface area contributed by atoms with Crippen LogP contribution in [0.2, 0.25) is 0 Å². The Kier molecular flexibility index (Phi) is 3.77. The summed E-state index contributed by atoms with van der Waals surface area (Å²) < 4.78 is 34.2. The molecule has 2 rings (SSSR count). The van der Waals surface area contributed by atoms with Gasteiger partial charge in [-0.3, -0.25) is 4.79 Å². The average Bonchev–Trinajstić information content (AvgIpc) is 2.36. The topological polar surface area (TPSA) is 95.7 Å². The molecular formula is C12H15NO5S. The van der Waals surface area contributed by atoms with Gasteiger partial charge in [0.05, 0.1) is 4.90 Å². The van der Waals surface area contributed by atoms with E-state index in [-0.39, 0.29) is 29.2 Å². The fourth-order valence-corrected chi connectivity index (χ4v) is 2.75. The third-order valence-electron chi connectivity index (χ3n) is 2.72.